The van der Waals surface area contributed by atoms with Crippen molar-refractivity contribution in [1.29, 1.82) is 5.26 Å². The molecule has 0 atom stereocenters. The molecule has 0 unspecified atom stereocenters. The molecule has 0 amide bonds. The Hall–Kier alpha value is -1.79. The van der Waals surface area contributed by atoms with Gasteiger partial charge in [0.05, 0.1) is 5.56 Å². The van der Waals surface area contributed by atoms with Crippen LogP contribution in [-0.4, -0.2) is 0 Å². The molecule has 0 aliphatic carbocycles. The van der Waals surface area contributed by atoms with Crippen LogP contribution in [0.5, 0.6) is 11.5 Å². The number of halogens is 1. The van der Waals surface area contributed by atoms with Gasteiger partial charge in [0.15, 0.2) is 0 Å². The van der Waals surface area contributed by atoms with E-state index in [1.165, 1.54) is 11.1 Å². The van der Waals surface area contributed by atoms with Gasteiger partial charge in [-0.05, 0) is 70.2 Å². The van der Waals surface area contributed by atoms with Crippen molar-refractivity contribution >= 4 is 15.9 Å². The highest BCUT2D eigenvalue weighted by atomic mass is 79.9. The first-order valence-electron chi connectivity index (χ1n) is 6.49. The smallest absolute Gasteiger partial charge is 0.128 e. The third-order valence-electron chi connectivity index (χ3n) is 3.16. The number of ether oxygens (including phenoxy) is 1. The summed E-state index contributed by atoms with van der Waals surface area (Å²) in [5, 5.41) is 8.90. The minimum absolute atomic E-state index is 0.508. The Morgan fingerprint density at radius 3 is 2.30 bits per heavy atom. The average molecular weight is 330 g/mol. The van der Waals surface area contributed by atoms with E-state index in [9.17, 15) is 0 Å². The van der Waals surface area contributed by atoms with Gasteiger partial charge in [-0.25, -0.2) is 0 Å². The number of aryl methyl sites for hydroxylation is 1. The van der Waals surface area contributed by atoms with E-state index in [1.54, 1.807) is 12.1 Å². The topological polar surface area (TPSA) is 33.0 Å². The summed E-state index contributed by atoms with van der Waals surface area (Å²) in [6.45, 7) is 6.46. The maximum absolute atomic E-state index is 8.90. The Morgan fingerprint density at radius 2 is 1.75 bits per heavy atom. The van der Waals surface area contributed by atoms with Gasteiger partial charge in [0.2, 0.25) is 0 Å². The Labute approximate surface area is 128 Å². The van der Waals surface area contributed by atoms with Gasteiger partial charge in [0.25, 0.3) is 0 Å². The van der Waals surface area contributed by atoms with Gasteiger partial charge in [-0.15, -0.1) is 0 Å². The summed E-state index contributed by atoms with van der Waals surface area (Å²) in [5.41, 5.74) is 3.16. The van der Waals surface area contributed by atoms with E-state index in [0.29, 0.717) is 17.2 Å². The Morgan fingerprint density at radius 1 is 1.10 bits per heavy atom. The Bertz CT molecular complexity index is 671. The first kappa shape index (κ1) is 14.6. The molecule has 20 heavy (non-hydrogen) atoms. The van der Waals surface area contributed by atoms with Gasteiger partial charge >= 0.3 is 0 Å². The molecule has 0 N–H and O–H groups in total. The molecule has 2 aromatic carbocycles. The van der Waals surface area contributed by atoms with E-state index in [-0.39, 0.29) is 0 Å². The second-order valence-electron chi connectivity index (χ2n) is 5.03. The lowest BCUT2D eigenvalue weighted by Crippen LogP contribution is -1.93. The second kappa shape index (κ2) is 6.11. The fourth-order valence-electron chi connectivity index (χ4n) is 2.15. The maximum atomic E-state index is 8.90. The average Bonchev–Trinajstić information content (AvgIpc) is 2.38. The standard InChI is InChI=1S/C17H16BrNO/c1-11(2)16-7-6-14(8-12(16)3)20-15-5-4-13(10-19)17(18)9-15/h4-9,11H,1-3H3. The summed E-state index contributed by atoms with van der Waals surface area (Å²) in [6, 6.07) is 13.6. The molecule has 0 aliphatic rings. The molecule has 0 aromatic heterocycles. The molecule has 102 valence electrons. The predicted octanol–water partition coefficient (Wildman–Crippen LogP) is 5.54. The molecule has 0 spiro atoms. The van der Waals surface area contributed by atoms with E-state index in [0.717, 1.165) is 10.2 Å². The normalized spacial score (nSPS) is 10.4. The summed E-state index contributed by atoms with van der Waals surface area (Å²) in [7, 11) is 0. The molecule has 0 heterocycles. The number of hydrogen-bond donors (Lipinski definition) is 0. The van der Waals surface area contributed by atoms with Gasteiger partial charge in [-0.3, -0.25) is 0 Å². The van der Waals surface area contributed by atoms with Crippen LogP contribution in [0, 0.1) is 18.3 Å². The van der Waals surface area contributed by atoms with Gasteiger partial charge in [-0.1, -0.05) is 19.9 Å². The molecule has 2 aromatic rings. The lowest BCUT2D eigenvalue weighted by atomic mass is 9.98. The third kappa shape index (κ3) is 3.20. The minimum Gasteiger partial charge on any atom is -0.457 e. The third-order valence-corrected chi connectivity index (χ3v) is 3.82. The molecule has 0 saturated carbocycles. The zero-order chi connectivity index (χ0) is 14.7. The molecule has 0 aliphatic heterocycles. The van der Waals surface area contributed by atoms with E-state index in [4.69, 9.17) is 10.00 Å². The molecule has 0 saturated heterocycles. The summed E-state index contributed by atoms with van der Waals surface area (Å²) in [4.78, 5) is 0. The molecule has 0 fully saturated rings. The predicted molar refractivity (Wildman–Crippen MR) is 84.2 cm³/mol. The molecule has 0 radical (unpaired) electrons. The quantitative estimate of drug-likeness (QED) is 0.740. The van der Waals surface area contributed by atoms with Crippen molar-refractivity contribution in [3.63, 3.8) is 0 Å². The molecular formula is C17H16BrNO. The van der Waals surface area contributed by atoms with E-state index in [2.05, 4.69) is 48.8 Å². The van der Waals surface area contributed by atoms with Crippen LogP contribution >= 0.6 is 15.9 Å². The van der Waals surface area contributed by atoms with Crippen LogP contribution in [0.3, 0.4) is 0 Å². The fraction of sp³-hybridized carbons (Fsp3) is 0.235. The highest BCUT2D eigenvalue weighted by molar-refractivity contribution is 9.10. The van der Waals surface area contributed by atoms with Crippen molar-refractivity contribution < 1.29 is 4.74 Å². The maximum Gasteiger partial charge on any atom is 0.128 e. The van der Waals surface area contributed by atoms with Crippen molar-refractivity contribution in [3.8, 4) is 17.6 Å². The first-order valence-corrected chi connectivity index (χ1v) is 7.28. The SMILES string of the molecule is Cc1cc(Oc2ccc(C#N)c(Br)c2)ccc1C(C)C. The number of nitrogens with zero attached hydrogens (tertiary/aromatic N) is 1. The highest BCUT2D eigenvalue weighted by Gasteiger charge is 2.06. The number of rotatable bonds is 3. The summed E-state index contributed by atoms with van der Waals surface area (Å²) < 4.78 is 6.58. The lowest BCUT2D eigenvalue weighted by molar-refractivity contribution is 0.481. The van der Waals surface area contributed by atoms with Crippen molar-refractivity contribution in [1.82, 2.24) is 0 Å². The van der Waals surface area contributed by atoms with Crippen molar-refractivity contribution in [2.75, 3.05) is 0 Å². The monoisotopic (exact) mass is 329 g/mol. The van der Waals surface area contributed by atoms with Crippen LogP contribution in [0.4, 0.5) is 0 Å². The summed E-state index contributed by atoms with van der Waals surface area (Å²) in [6.07, 6.45) is 0. The van der Waals surface area contributed by atoms with Crippen LogP contribution in [0.15, 0.2) is 40.9 Å². The highest BCUT2D eigenvalue weighted by Crippen LogP contribution is 2.29. The van der Waals surface area contributed by atoms with Crippen LogP contribution in [0.2, 0.25) is 0 Å². The van der Waals surface area contributed by atoms with Crippen molar-refractivity contribution in [3.05, 3.63) is 57.6 Å². The Kier molecular flexibility index (Phi) is 4.46. The van der Waals surface area contributed by atoms with Gasteiger partial charge < -0.3 is 4.74 Å². The van der Waals surface area contributed by atoms with Gasteiger partial charge in [0, 0.05) is 4.47 Å². The van der Waals surface area contributed by atoms with E-state index in [1.807, 2.05) is 18.2 Å². The molecular weight excluding hydrogens is 314 g/mol. The van der Waals surface area contributed by atoms with Crippen molar-refractivity contribution in [2.45, 2.75) is 26.7 Å². The summed E-state index contributed by atoms with van der Waals surface area (Å²) >= 11 is 3.36. The molecule has 2 rings (SSSR count). The van der Waals surface area contributed by atoms with Crippen LogP contribution < -0.4 is 4.74 Å². The molecule has 0 bridgehead atoms. The lowest BCUT2D eigenvalue weighted by Gasteiger charge is -2.12. The number of benzene rings is 2. The molecule has 3 heteroatoms. The largest absolute Gasteiger partial charge is 0.457 e. The van der Waals surface area contributed by atoms with Crippen LogP contribution in [-0.2, 0) is 0 Å². The first-order chi connectivity index (χ1) is 9.51. The van der Waals surface area contributed by atoms with Crippen LogP contribution in [0.1, 0.15) is 36.5 Å². The number of nitriles is 1. The van der Waals surface area contributed by atoms with E-state index < -0.39 is 0 Å². The minimum atomic E-state index is 0.508. The van der Waals surface area contributed by atoms with Gasteiger partial charge in [-0.2, -0.15) is 5.26 Å². The van der Waals surface area contributed by atoms with E-state index >= 15 is 0 Å². The van der Waals surface area contributed by atoms with Gasteiger partial charge in [0.1, 0.15) is 17.6 Å². The number of hydrogen-bond acceptors (Lipinski definition) is 2. The fourth-order valence-corrected chi connectivity index (χ4v) is 2.59. The summed E-state index contributed by atoms with van der Waals surface area (Å²) in [5.74, 6) is 2.03. The zero-order valence-electron chi connectivity index (χ0n) is 11.8. The van der Waals surface area contributed by atoms with Crippen molar-refractivity contribution in [2.24, 2.45) is 0 Å². The Balaban J connectivity index is 2.25. The second-order valence-corrected chi connectivity index (χ2v) is 5.88. The van der Waals surface area contributed by atoms with Crippen LogP contribution in [0.25, 0.3) is 0 Å². The zero-order valence-corrected chi connectivity index (χ0v) is 13.4. The molecule has 2 nitrogen and oxygen atoms in total.